The number of alkyl carbamates (subject to hydrolysis) is 1. The Balaban J connectivity index is 1.93. The number of nitrogens with one attached hydrogen (secondary N) is 2. The van der Waals surface area contributed by atoms with Crippen molar-refractivity contribution in [2.45, 2.75) is 70.9 Å². The van der Waals surface area contributed by atoms with E-state index >= 15 is 0 Å². The van der Waals surface area contributed by atoms with Crippen LogP contribution in [0, 0.1) is 5.92 Å². The van der Waals surface area contributed by atoms with E-state index in [4.69, 9.17) is 4.74 Å². The predicted molar refractivity (Wildman–Crippen MR) is 140 cm³/mol. The predicted octanol–water partition coefficient (Wildman–Crippen LogP) is 5.57. The summed E-state index contributed by atoms with van der Waals surface area (Å²) in [5, 5.41) is 9.70. The zero-order valence-corrected chi connectivity index (χ0v) is 21.9. The Kier molecular flexibility index (Phi) is 12.8. The van der Waals surface area contributed by atoms with Crippen LogP contribution >= 0.6 is 23.1 Å². The Hall–Kier alpha value is -2.32. The van der Waals surface area contributed by atoms with E-state index in [0.717, 1.165) is 24.2 Å². The van der Waals surface area contributed by atoms with Crippen molar-refractivity contribution in [2.24, 2.45) is 5.92 Å². The Bertz CT molecular complexity index is 872. The lowest BCUT2D eigenvalue weighted by Crippen LogP contribution is -2.52. The number of rotatable bonds is 15. The molecule has 0 radical (unpaired) electrons. The fourth-order valence-corrected chi connectivity index (χ4v) is 5.04. The molecule has 1 aromatic heterocycles. The molecule has 2 amide bonds. The number of Topliss-reactive ketones (excluding diaryl/α,β-unsaturated/α-hetero) is 1. The molecule has 2 aromatic rings. The molecule has 8 heteroatoms. The van der Waals surface area contributed by atoms with Crippen molar-refractivity contribution in [3.05, 3.63) is 58.3 Å². The van der Waals surface area contributed by atoms with E-state index in [2.05, 4.69) is 29.0 Å². The molecule has 2 rings (SSSR count). The van der Waals surface area contributed by atoms with Gasteiger partial charge in [0.15, 0.2) is 5.78 Å². The van der Waals surface area contributed by atoms with Crippen LogP contribution in [-0.4, -0.2) is 35.6 Å². The molecule has 0 aliphatic rings. The van der Waals surface area contributed by atoms with E-state index in [9.17, 15) is 14.4 Å². The van der Waals surface area contributed by atoms with Gasteiger partial charge in [0.1, 0.15) is 12.6 Å². The van der Waals surface area contributed by atoms with Gasteiger partial charge in [0.25, 0.3) is 0 Å². The normalized spacial score (nSPS) is 12.7. The van der Waals surface area contributed by atoms with Crippen LogP contribution in [0.25, 0.3) is 0 Å². The van der Waals surface area contributed by atoms with Crippen LogP contribution in [0.1, 0.15) is 57.6 Å². The summed E-state index contributed by atoms with van der Waals surface area (Å²) in [5.74, 6) is 0.955. The van der Waals surface area contributed by atoms with Crippen molar-refractivity contribution in [2.75, 3.05) is 5.75 Å². The second-order valence-electron chi connectivity index (χ2n) is 8.68. The molecule has 0 aliphatic heterocycles. The van der Waals surface area contributed by atoms with Gasteiger partial charge in [-0.05, 0) is 46.7 Å². The van der Waals surface area contributed by atoms with Crippen molar-refractivity contribution in [3.8, 4) is 0 Å². The van der Waals surface area contributed by atoms with Gasteiger partial charge in [-0.2, -0.15) is 11.3 Å². The Labute approximate surface area is 211 Å². The van der Waals surface area contributed by atoms with Gasteiger partial charge in [0, 0.05) is 5.75 Å². The van der Waals surface area contributed by atoms with E-state index in [1.54, 1.807) is 23.1 Å². The molecule has 0 unspecified atom stereocenters. The summed E-state index contributed by atoms with van der Waals surface area (Å²) in [5.41, 5.74) is 2.07. The maximum Gasteiger partial charge on any atom is 0.408 e. The van der Waals surface area contributed by atoms with Crippen molar-refractivity contribution in [1.82, 2.24) is 10.6 Å². The molecule has 1 heterocycles. The SMILES string of the molecule is CCCC[C@H](NC(=O)[C@H](CC(C)C)NC(=O)OCc1ccccc1)C(=O)CSCc1ccsc1. The van der Waals surface area contributed by atoms with Crippen molar-refractivity contribution in [3.63, 3.8) is 0 Å². The molecule has 34 heavy (non-hydrogen) atoms. The number of hydrogen-bond donors (Lipinski definition) is 2. The molecule has 186 valence electrons. The number of ketones is 1. The van der Waals surface area contributed by atoms with Crippen LogP contribution in [0.5, 0.6) is 0 Å². The number of benzene rings is 1. The lowest BCUT2D eigenvalue weighted by Gasteiger charge is -2.24. The minimum absolute atomic E-state index is 0.0111. The molecule has 2 N–H and O–H groups in total. The fraction of sp³-hybridized carbons (Fsp3) is 0.500. The highest BCUT2D eigenvalue weighted by Gasteiger charge is 2.27. The second-order valence-corrected chi connectivity index (χ2v) is 10.4. The van der Waals surface area contributed by atoms with E-state index in [1.807, 2.05) is 49.6 Å². The number of carbonyl (C=O) groups excluding carboxylic acids is 3. The first-order chi connectivity index (χ1) is 16.4. The van der Waals surface area contributed by atoms with Crippen molar-refractivity contribution < 1.29 is 19.1 Å². The topological polar surface area (TPSA) is 84.5 Å². The van der Waals surface area contributed by atoms with Gasteiger partial charge in [-0.3, -0.25) is 9.59 Å². The van der Waals surface area contributed by atoms with Gasteiger partial charge < -0.3 is 15.4 Å². The van der Waals surface area contributed by atoms with E-state index < -0.39 is 18.2 Å². The molecule has 6 nitrogen and oxygen atoms in total. The number of unbranched alkanes of at least 4 members (excludes halogenated alkanes) is 1. The summed E-state index contributed by atoms with van der Waals surface area (Å²) in [4.78, 5) is 38.4. The highest BCUT2D eigenvalue weighted by atomic mass is 32.2. The molecule has 0 bridgehead atoms. The van der Waals surface area contributed by atoms with Gasteiger partial charge in [-0.1, -0.05) is 63.9 Å². The van der Waals surface area contributed by atoms with Crippen LogP contribution in [-0.2, 0) is 26.7 Å². The fourth-order valence-electron chi connectivity index (χ4n) is 3.35. The lowest BCUT2D eigenvalue weighted by atomic mass is 10.0. The number of ether oxygens (including phenoxy) is 1. The third kappa shape index (κ3) is 10.7. The van der Waals surface area contributed by atoms with E-state index in [-0.39, 0.29) is 24.2 Å². The quantitative estimate of drug-likeness (QED) is 0.331. The molecule has 0 saturated carbocycles. The number of thiophene rings is 1. The minimum atomic E-state index is -0.765. The van der Waals surface area contributed by atoms with Gasteiger partial charge in [0.05, 0.1) is 11.8 Å². The molecular weight excluding hydrogens is 468 g/mol. The first kappa shape index (κ1) is 27.9. The molecule has 2 atom stereocenters. The zero-order valence-electron chi connectivity index (χ0n) is 20.3. The van der Waals surface area contributed by atoms with Gasteiger partial charge in [0.2, 0.25) is 5.91 Å². The Morgan fingerprint density at radius 3 is 2.44 bits per heavy atom. The average molecular weight is 505 g/mol. The Morgan fingerprint density at radius 1 is 1.03 bits per heavy atom. The summed E-state index contributed by atoms with van der Waals surface area (Å²) in [6.45, 7) is 6.15. The zero-order chi connectivity index (χ0) is 24.8. The van der Waals surface area contributed by atoms with Crippen LogP contribution < -0.4 is 10.6 Å². The first-order valence-electron chi connectivity index (χ1n) is 11.8. The summed E-state index contributed by atoms with van der Waals surface area (Å²) in [6, 6.07) is 10.1. The van der Waals surface area contributed by atoms with Crippen LogP contribution in [0.2, 0.25) is 0 Å². The number of thioether (sulfide) groups is 1. The molecule has 0 fully saturated rings. The highest BCUT2D eigenvalue weighted by Crippen LogP contribution is 2.16. The van der Waals surface area contributed by atoms with Crippen molar-refractivity contribution in [1.29, 1.82) is 0 Å². The molecule has 0 saturated heterocycles. The van der Waals surface area contributed by atoms with Gasteiger partial charge in [-0.25, -0.2) is 4.79 Å². The monoisotopic (exact) mass is 504 g/mol. The smallest absolute Gasteiger partial charge is 0.408 e. The lowest BCUT2D eigenvalue weighted by molar-refractivity contribution is -0.128. The van der Waals surface area contributed by atoms with Crippen LogP contribution in [0.15, 0.2) is 47.2 Å². The molecule has 0 spiro atoms. The summed E-state index contributed by atoms with van der Waals surface area (Å²) < 4.78 is 5.30. The average Bonchev–Trinajstić information content (AvgIpc) is 3.33. The molecular formula is C26H36N2O4S2. The third-order valence-electron chi connectivity index (χ3n) is 5.17. The first-order valence-corrected chi connectivity index (χ1v) is 13.9. The highest BCUT2D eigenvalue weighted by molar-refractivity contribution is 7.99. The van der Waals surface area contributed by atoms with Crippen LogP contribution in [0.3, 0.4) is 0 Å². The second kappa shape index (κ2) is 15.6. The van der Waals surface area contributed by atoms with E-state index in [0.29, 0.717) is 18.6 Å². The summed E-state index contributed by atoms with van der Waals surface area (Å²) >= 11 is 3.20. The minimum Gasteiger partial charge on any atom is -0.445 e. The van der Waals surface area contributed by atoms with Crippen molar-refractivity contribution >= 4 is 40.9 Å². The number of carbonyl (C=O) groups is 3. The molecule has 1 aromatic carbocycles. The standard InChI is InChI=1S/C26H36N2O4S2/c1-4-5-11-22(24(29)18-34-17-21-12-13-33-16-21)27-25(30)23(14-19(2)3)28-26(31)32-15-20-9-7-6-8-10-20/h6-10,12-13,16,19,22-23H,4-5,11,14-15,17-18H2,1-3H3,(H,27,30)(H,28,31)/t22-,23-/m0/s1. The largest absolute Gasteiger partial charge is 0.445 e. The maximum absolute atomic E-state index is 13.1. The summed E-state index contributed by atoms with van der Waals surface area (Å²) in [7, 11) is 0. The van der Waals surface area contributed by atoms with Gasteiger partial charge >= 0.3 is 6.09 Å². The third-order valence-corrected chi connectivity index (χ3v) is 6.93. The number of amides is 2. The number of hydrogen-bond acceptors (Lipinski definition) is 6. The summed E-state index contributed by atoms with van der Waals surface area (Å²) in [6.07, 6.45) is 2.17. The Morgan fingerprint density at radius 2 is 1.79 bits per heavy atom. The van der Waals surface area contributed by atoms with E-state index in [1.165, 1.54) is 5.56 Å². The molecule has 0 aliphatic carbocycles. The maximum atomic E-state index is 13.1. The van der Waals surface area contributed by atoms with Gasteiger partial charge in [-0.15, -0.1) is 11.8 Å². The van der Waals surface area contributed by atoms with Crippen LogP contribution in [0.4, 0.5) is 4.79 Å².